The van der Waals surface area contributed by atoms with Crippen molar-refractivity contribution in [3.8, 4) is 0 Å². The molecule has 6 nitrogen and oxygen atoms in total. The quantitative estimate of drug-likeness (QED) is 0.588. The topological polar surface area (TPSA) is 56.8 Å². The highest BCUT2D eigenvalue weighted by molar-refractivity contribution is 7.80. The first-order valence-electron chi connectivity index (χ1n) is 8.61. The van der Waals surface area contributed by atoms with Crippen LogP contribution in [0.3, 0.4) is 0 Å². The van der Waals surface area contributed by atoms with Gasteiger partial charge < -0.3 is 20.3 Å². The van der Waals surface area contributed by atoms with Gasteiger partial charge in [0.2, 0.25) is 5.91 Å². The number of nitrogens with zero attached hydrogens (tertiary/aromatic N) is 2. The van der Waals surface area contributed by atoms with Crippen LogP contribution >= 0.6 is 12.2 Å². The predicted octanol–water partition coefficient (Wildman–Crippen LogP) is 1.38. The van der Waals surface area contributed by atoms with Gasteiger partial charge in [-0.2, -0.15) is 0 Å². The van der Waals surface area contributed by atoms with Gasteiger partial charge in [-0.05, 0) is 43.3 Å². The molecule has 1 fully saturated rings. The molecular formula is C18H28N4O2S. The van der Waals surface area contributed by atoms with Crippen molar-refractivity contribution in [3.63, 3.8) is 0 Å². The number of methoxy groups -OCH3 is 1. The smallest absolute Gasteiger partial charge is 0.238 e. The van der Waals surface area contributed by atoms with Gasteiger partial charge in [0, 0.05) is 45.5 Å². The molecule has 2 N–H and O–H groups in total. The third kappa shape index (κ3) is 5.95. The number of anilines is 1. The number of nitrogens with one attached hydrogen (secondary N) is 2. The Morgan fingerprint density at radius 2 is 1.96 bits per heavy atom. The Balaban J connectivity index is 1.75. The summed E-state index contributed by atoms with van der Waals surface area (Å²) in [5.41, 5.74) is 3.20. The zero-order valence-electron chi connectivity index (χ0n) is 15.3. The van der Waals surface area contributed by atoms with Crippen molar-refractivity contribution >= 4 is 28.9 Å². The van der Waals surface area contributed by atoms with E-state index in [1.165, 1.54) is 5.56 Å². The number of benzene rings is 1. The molecule has 1 amide bonds. The van der Waals surface area contributed by atoms with Crippen molar-refractivity contribution < 1.29 is 9.53 Å². The molecule has 0 saturated carbocycles. The molecule has 1 saturated heterocycles. The first-order valence-corrected chi connectivity index (χ1v) is 9.02. The highest BCUT2D eigenvalue weighted by Crippen LogP contribution is 2.17. The standard InChI is InChI=1S/C18H28N4O2S/c1-14-5-4-6-16(15(14)2)20-17(23)13-21-8-10-22(11-9-21)18(25)19-7-12-24-3/h4-6H,7-13H2,1-3H3,(H,19,25)(H,20,23). The summed E-state index contributed by atoms with van der Waals surface area (Å²) in [6.45, 7) is 9.15. The number of carbonyl (C=O) groups excluding carboxylic acids is 1. The molecule has 0 atom stereocenters. The number of carbonyl (C=O) groups is 1. The van der Waals surface area contributed by atoms with Crippen LogP contribution in [0.5, 0.6) is 0 Å². The van der Waals surface area contributed by atoms with Crippen LogP contribution in [-0.2, 0) is 9.53 Å². The summed E-state index contributed by atoms with van der Waals surface area (Å²) in [6, 6.07) is 5.96. The number of amides is 1. The summed E-state index contributed by atoms with van der Waals surface area (Å²) in [5, 5.41) is 6.97. The van der Waals surface area contributed by atoms with Crippen molar-refractivity contribution in [2.75, 3.05) is 58.3 Å². The maximum atomic E-state index is 12.3. The molecule has 0 unspecified atom stereocenters. The molecule has 1 aliphatic heterocycles. The van der Waals surface area contributed by atoms with Crippen molar-refractivity contribution in [2.45, 2.75) is 13.8 Å². The second-order valence-electron chi connectivity index (χ2n) is 6.28. The molecule has 1 aromatic rings. The fourth-order valence-corrected chi connectivity index (χ4v) is 3.04. The fourth-order valence-electron chi connectivity index (χ4n) is 2.76. The van der Waals surface area contributed by atoms with Gasteiger partial charge in [0.05, 0.1) is 13.2 Å². The monoisotopic (exact) mass is 364 g/mol. The number of rotatable bonds is 6. The number of hydrogen-bond donors (Lipinski definition) is 2. The molecule has 1 aromatic carbocycles. The number of hydrogen-bond acceptors (Lipinski definition) is 4. The zero-order chi connectivity index (χ0) is 18.2. The molecule has 1 aliphatic rings. The van der Waals surface area contributed by atoms with E-state index in [0.29, 0.717) is 19.7 Å². The van der Waals surface area contributed by atoms with Gasteiger partial charge in [-0.1, -0.05) is 12.1 Å². The van der Waals surface area contributed by atoms with Gasteiger partial charge in [0.25, 0.3) is 0 Å². The summed E-state index contributed by atoms with van der Waals surface area (Å²) in [7, 11) is 1.67. The second-order valence-corrected chi connectivity index (χ2v) is 6.67. The SMILES string of the molecule is COCCNC(=S)N1CCN(CC(=O)Nc2cccc(C)c2C)CC1. The van der Waals surface area contributed by atoms with Crippen LogP contribution in [-0.4, -0.2) is 73.8 Å². The predicted molar refractivity (Wildman–Crippen MR) is 105 cm³/mol. The van der Waals surface area contributed by atoms with Crippen molar-refractivity contribution in [1.29, 1.82) is 0 Å². The lowest BCUT2D eigenvalue weighted by atomic mass is 10.1. The van der Waals surface area contributed by atoms with E-state index in [1.54, 1.807) is 7.11 Å². The first-order chi connectivity index (χ1) is 12.0. The first kappa shape index (κ1) is 19.6. The molecule has 0 spiro atoms. The number of ether oxygens (including phenoxy) is 1. The molecule has 1 heterocycles. The highest BCUT2D eigenvalue weighted by atomic mass is 32.1. The minimum atomic E-state index is 0.0305. The summed E-state index contributed by atoms with van der Waals surface area (Å²) in [4.78, 5) is 16.6. The lowest BCUT2D eigenvalue weighted by Crippen LogP contribution is -2.53. The summed E-state index contributed by atoms with van der Waals surface area (Å²) in [6.07, 6.45) is 0. The zero-order valence-corrected chi connectivity index (χ0v) is 16.1. The maximum absolute atomic E-state index is 12.3. The van der Waals surface area contributed by atoms with Crippen molar-refractivity contribution in [3.05, 3.63) is 29.3 Å². The number of piperazine rings is 1. The van der Waals surface area contributed by atoms with Gasteiger partial charge in [0.15, 0.2) is 5.11 Å². The highest BCUT2D eigenvalue weighted by Gasteiger charge is 2.20. The largest absolute Gasteiger partial charge is 0.383 e. The van der Waals surface area contributed by atoms with Gasteiger partial charge in [-0.25, -0.2) is 0 Å². The number of thiocarbonyl (C=S) groups is 1. The molecule has 0 aromatic heterocycles. The Kier molecular flexibility index (Phi) is 7.61. The van der Waals surface area contributed by atoms with E-state index in [9.17, 15) is 4.79 Å². The van der Waals surface area contributed by atoms with E-state index >= 15 is 0 Å². The number of aryl methyl sites for hydroxylation is 1. The Morgan fingerprint density at radius 3 is 2.64 bits per heavy atom. The third-order valence-electron chi connectivity index (χ3n) is 4.49. The van der Waals surface area contributed by atoms with E-state index in [1.807, 2.05) is 32.0 Å². The van der Waals surface area contributed by atoms with Crippen molar-refractivity contribution in [2.24, 2.45) is 0 Å². The molecular weight excluding hydrogens is 336 g/mol. The summed E-state index contributed by atoms with van der Waals surface area (Å²) in [5.74, 6) is 0.0305. The average molecular weight is 365 g/mol. The van der Waals surface area contributed by atoms with E-state index < -0.39 is 0 Å². The van der Waals surface area contributed by atoms with Crippen LogP contribution in [0.25, 0.3) is 0 Å². The van der Waals surface area contributed by atoms with Gasteiger partial charge >= 0.3 is 0 Å². The van der Waals surface area contributed by atoms with Crippen LogP contribution in [0.15, 0.2) is 18.2 Å². The van der Waals surface area contributed by atoms with Gasteiger partial charge in [-0.15, -0.1) is 0 Å². The van der Waals surface area contributed by atoms with E-state index in [2.05, 4.69) is 20.4 Å². The van der Waals surface area contributed by atoms with Crippen LogP contribution in [0.2, 0.25) is 0 Å². The molecule has 0 radical (unpaired) electrons. The third-order valence-corrected chi connectivity index (χ3v) is 4.89. The van der Waals surface area contributed by atoms with Gasteiger partial charge in [-0.3, -0.25) is 9.69 Å². The summed E-state index contributed by atoms with van der Waals surface area (Å²) < 4.78 is 5.01. The Bertz CT molecular complexity index is 601. The van der Waals surface area contributed by atoms with E-state index in [-0.39, 0.29) is 5.91 Å². The Morgan fingerprint density at radius 1 is 1.24 bits per heavy atom. The Hall–Kier alpha value is -1.70. The molecule has 138 valence electrons. The van der Waals surface area contributed by atoms with Crippen LogP contribution in [0, 0.1) is 13.8 Å². The van der Waals surface area contributed by atoms with Crippen molar-refractivity contribution in [1.82, 2.24) is 15.1 Å². The average Bonchev–Trinajstić information content (AvgIpc) is 2.59. The molecule has 25 heavy (non-hydrogen) atoms. The van der Waals surface area contributed by atoms with Crippen LogP contribution in [0.1, 0.15) is 11.1 Å². The molecule has 0 bridgehead atoms. The molecule has 0 aliphatic carbocycles. The lowest BCUT2D eigenvalue weighted by molar-refractivity contribution is -0.117. The molecule has 7 heteroatoms. The van der Waals surface area contributed by atoms with E-state index in [0.717, 1.165) is 42.5 Å². The minimum absolute atomic E-state index is 0.0305. The second kappa shape index (κ2) is 9.70. The van der Waals surface area contributed by atoms with Gasteiger partial charge in [0.1, 0.15) is 0 Å². The maximum Gasteiger partial charge on any atom is 0.238 e. The fraction of sp³-hybridized carbons (Fsp3) is 0.556. The summed E-state index contributed by atoms with van der Waals surface area (Å²) >= 11 is 5.39. The lowest BCUT2D eigenvalue weighted by Gasteiger charge is -2.35. The Labute approximate surface area is 155 Å². The van der Waals surface area contributed by atoms with Crippen LogP contribution in [0.4, 0.5) is 5.69 Å². The minimum Gasteiger partial charge on any atom is -0.383 e. The van der Waals surface area contributed by atoms with Crippen LogP contribution < -0.4 is 10.6 Å². The normalized spacial score (nSPS) is 15.1. The van der Waals surface area contributed by atoms with E-state index in [4.69, 9.17) is 17.0 Å². The molecule has 2 rings (SSSR count).